The molecule has 0 saturated heterocycles. The van der Waals surface area contributed by atoms with Gasteiger partial charge < -0.3 is 16.0 Å². The minimum Gasteiger partial charge on any atom is -0.347 e. The first-order valence-corrected chi connectivity index (χ1v) is 12.9. The van der Waals surface area contributed by atoms with Gasteiger partial charge in [-0.2, -0.15) is 0 Å². The molecule has 0 aliphatic heterocycles. The van der Waals surface area contributed by atoms with E-state index in [9.17, 15) is 19.2 Å². The summed E-state index contributed by atoms with van der Waals surface area (Å²) in [7, 11) is 0. The molecule has 1 aliphatic carbocycles. The molecular weight excluding hydrogens is 454 g/mol. The Balaban J connectivity index is 1.75. The van der Waals surface area contributed by atoms with E-state index in [4.69, 9.17) is 0 Å². The van der Waals surface area contributed by atoms with E-state index in [1.807, 2.05) is 50.2 Å². The lowest BCUT2D eigenvalue weighted by Gasteiger charge is -2.26. The van der Waals surface area contributed by atoms with Gasteiger partial charge in [0.15, 0.2) is 0 Å². The SMILES string of the molecule is CC(C)C[C@H](NC(=O)c1ccccc1)C(=O)NC(Cc1ccccc1)C(=O)C(=O)NC1CCCCC1. The molecule has 1 aliphatic rings. The fourth-order valence-corrected chi connectivity index (χ4v) is 4.53. The van der Waals surface area contributed by atoms with Crippen molar-refractivity contribution in [3.05, 3.63) is 71.8 Å². The van der Waals surface area contributed by atoms with Crippen LogP contribution in [0.1, 0.15) is 68.3 Å². The van der Waals surface area contributed by atoms with Crippen molar-refractivity contribution in [2.75, 3.05) is 0 Å². The van der Waals surface area contributed by atoms with Gasteiger partial charge in [0, 0.05) is 18.0 Å². The zero-order valence-corrected chi connectivity index (χ0v) is 21.2. The Morgan fingerprint density at radius 3 is 2.03 bits per heavy atom. The lowest BCUT2D eigenvalue weighted by atomic mass is 9.94. The molecule has 0 bridgehead atoms. The van der Waals surface area contributed by atoms with Crippen LogP contribution in [0.2, 0.25) is 0 Å². The van der Waals surface area contributed by atoms with Gasteiger partial charge in [0.05, 0.1) is 0 Å². The molecule has 1 saturated carbocycles. The third-order valence-corrected chi connectivity index (χ3v) is 6.44. The molecule has 0 spiro atoms. The molecule has 0 heterocycles. The number of hydrogen-bond donors (Lipinski definition) is 3. The Morgan fingerprint density at radius 1 is 0.806 bits per heavy atom. The quantitative estimate of drug-likeness (QED) is 0.418. The summed E-state index contributed by atoms with van der Waals surface area (Å²) in [4.78, 5) is 52.2. The van der Waals surface area contributed by atoms with Crippen LogP contribution in [0.25, 0.3) is 0 Å². The molecule has 3 N–H and O–H groups in total. The average Bonchev–Trinajstić information content (AvgIpc) is 2.88. The molecule has 7 nitrogen and oxygen atoms in total. The number of carbonyl (C=O) groups excluding carboxylic acids is 4. The van der Waals surface area contributed by atoms with Gasteiger partial charge in [-0.15, -0.1) is 0 Å². The number of amides is 3. The van der Waals surface area contributed by atoms with E-state index in [1.54, 1.807) is 24.3 Å². The largest absolute Gasteiger partial charge is 0.347 e. The molecule has 36 heavy (non-hydrogen) atoms. The van der Waals surface area contributed by atoms with E-state index >= 15 is 0 Å². The number of hydrogen-bond acceptors (Lipinski definition) is 4. The van der Waals surface area contributed by atoms with Crippen molar-refractivity contribution in [1.29, 1.82) is 0 Å². The fraction of sp³-hybridized carbons (Fsp3) is 0.448. The van der Waals surface area contributed by atoms with Gasteiger partial charge in [-0.25, -0.2) is 0 Å². The molecule has 3 rings (SSSR count). The molecule has 1 unspecified atom stereocenters. The summed E-state index contributed by atoms with van der Waals surface area (Å²) in [6.45, 7) is 3.92. The Hall–Kier alpha value is -3.48. The highest BCUT2D eigenvalue weighted by Gasteiger charge is 2.32. The van der Waals surface area contributed by atoms with E-state index in [-0.39, 0.29) is 24.3 Å². The average molecular weight is 492 g/mol. The van der Waals surface area contributed by atoms with Gasteiger partial charge in [0.25, 0.3) is 11.8 Å². The molecule has 0 radical (unpaired) electrons. The molecule has 2 aromatic carbocycles. The summed E-state index contributed by atoms with van der Waals surface area (Å²) in [5.74, 6) is -2.06. The van der Waals surface area contributed by atoms with Crippen LogP contribution in [0.15, 0.2) is 60.7 Å². The van der Waals surface area contributed by atoms with Crippen LogP contribution in [0.5, 0.6) is 0 Å². The third-order valence-electron chi connectivity index (χ3n) is 6.44. The normalized spacial score (nSPS) is 15.5. The molecule has 7 heteroatoms. The Kier molecular flexibility index (Phi) is 10.2. The predicted octanol–water partition coefficient (Wildman–Crippen LogP) is 3.58. The lowest BCUT2D eigenvalue weighted by molar-refractivity contribution is -0.140. The van der Waals surface area contributed by atoms with Crippen LogP contribution >= 0.6 is 0 Å². The van der Waals surface area contributed by atoms with Crippen LogP contribution in [-0.4, -0.2) is 41.6 Å². The lowest BCUT2D eigenvalue weighted by Crippen LogP contribution is -2.55. The van der Waals surface area contributed by atoms with Gasteiger partial charge in [0.1, 0.15) is 12.1 Å². The first-order chi connectivity index (χ1) is 17.3. The van der Waals surface area contributed by atoms with Crippen molar-refractivity contribution in [3.8, 4) is 0 Å². The van der Waals surface area contributed by atoms with Crippen molar-refractivity contribution in [2.45, 2.75) is 76.9 Å². The van der Waals surface area contributed by atoms with Crippen LogP contribution in [0, 0.1) is 5.92 Å². The maximum absolute atomic E-state index is 13.4. The minimum atomic E-state index is -1.04. The number of rotatable bonds is 11. The zero-order chi connectivity index (χ0) is 25.9. The van der Waals surface area contributed by atoms with Crippen molar-refractivity contribution in [2.24, 2.45) is 5.92 Å². The maximum atomic E-state index is 13.4. The van der Waals surface area contributed by atoms with Gasteiger partial charge in [-0.05, 0) is 42.9 Å². The standard InChI is InChI=1S/C29H37N3O4/c1-20(2)18-25(32-27(34)22-14-8-4-9-15-22)28(35)31-24(19-21-12-6-3-7-13-21)26(33)29(36)30-23-16-10-5-11-17-23/h3-4,6-9,12-15,20,23-25H,5,10-11,16-19H2,1-2H3,(H,30,36)(H,31,35)(H,32,34)/t24?,25-/m0/s1. The van der Waals surface area contributed by atoms with Crippen molar-refractivity contribution in [3.63, 3.8) is 0 Å². The van der Waals surface area contributed by atoms with E-state index in [0.29, 0.717) is 12.0 Å². The van der Waals surface area contributed by atoms with Crippen molar-refractivity contribution >= 4 is 23.5 Å². The Morgan fingerprint density at radius 2 is 1.42 bits per heavy atom. The van der Waals surface area contributed by atoms with Gasteiger partial charge in [-0.3, -0.25) is 19.2 Å². The van der Waals surface area contributed by atoms with E-state index < -0.39 is 29.7 Å². The van der Waals surface area contributed by atoms with Crippen LogP contribution in [0.3, 0.4) is 0 Å². The van der Waals surface area contributed by atoms with Gasteiger partial charge in [0.2, 0.25) is 11.7 Å². The summed E-state index contributed by atoms with van der Waals surface area (Å²) in [5, 5.41) is 8.45. The Bertz CT molecular complexity index is 1020. The second-order valence-electron chi connectivity index (χ2n) is 9.95. The van der Waals surface area contributed by atoms with E-state index in [2.05, 4.69) is 16.0 Å². The molecule has 3 amide bonds. The summed E-state index contributed by atoms with van der Waals surface area (Å²) in [6, 6.07) is 16.1. The van der Waals surface area contributed by atoms with E-state index in [0.717, 1.165) is 37.7 Å². The summed E-state index contributed by atoms with van der Waals surface area (Å²) in [6.07, 6.45) is 5.49. The summed E-state index contributed by atoms with van der Waals surface area (Å²) >= 11 is 0. The number of carbonyl (C=O) groups is 4. The second-order valence-corrected chi connectivity index (χ2v) is 9.95. The van der Waals surface area contributed by atoms with Crippen molar-refractivity contribution in [1.82, 2.24) is 16.0 Å². The number of ketones is 1. The minimum absolute atomic E-state index is 0.0119. The fourth-order valence-electron chi connectivity index (χ4n) is 4.53. The zero-order valence-electron chi connectivity index (χ0n) is 21.2. The number of benzene rings is 2. The molecule has 0 aromatic heterocycles. The third kappa shape index (κ3) is 8.33. The smallest absolute Gasteiger partial charge is 0.289 e. The molecule has 2 aromatic rings. The monoisotopic (exact) mass is 491 g/mol. The van der Waals surface area contributed by atoms with Crippen LogP contribution in [0.4, 0.5) is 0 Å². The highest BCUT2D eigenvalue weighted by molar-refractivity contribution is 6.38. The van der Waals surface area contributed by atoms with Crippen LogP contribution < -0.4 is 16.0 Å². The molecule has 2 atom stereocenters. The number of Topliss-reactive ketones (excluding diaryl/α,β-unsaturated/α-hetero) is 1. The highest BCUT2D eigenvalue weighted by atomic mass is 16.2. The van der Waals surface area contributed by atoms with E-state index in [1.165, 1.54) is 0 Å². The maximum Gasteiger partial charge on any atom is 0.289 e. The summed E-state index contributed by atoms with van der Waals surface area (Å²) in [5.41, 5.74) is 1.28. The molecule has 192 valence electrons. The first kappa shape index (κ1) is 27.1. The highest BCUT2D eigenvalue weighted by Crippen LogP contribution is 2.17. The topological polar surface area (TPSA) is 104 Å². The number of nitrogens with one attached hydrogen (secondary N) is 3. The van der Waals surface area contributed by atoms with Gasteiger partial charge in [-0.1, -0.05) is 81.6 Å². The van der Waals surface area contributed by atoms with Crippen molar-refractivity contribution < 1.29 is 19.2 Å². The molecular formula is C29H37N3O4. The van der Waals surface area contributed by atoms with Crippen LogP contribution in [-0.2, 0) is 20.8 Å². The Labute approximate surface area is 213 Å². The predicted molar refractivity (Wildman–Crippen MR) is 139 cm³/mol. The molecule has 1 fully saturated rings. The van der Waals surface area contributed by atoms with Gasteiger partial charge >= 0.3 is 0 Å². The summed E-state index contributed by atoms with van der Waals surface area (Å²) < 4.78 is 0. The first-order valence-electron chi connectivity index (χ1n) is 12.9. The second kappa shape index (κ2) is 13.6.